The molecular weight excluding hydrogens is 460 g/mol. The van der Waals surface area contributed by atoms with Gasteiger partial charge in [-0.2, -0.15) is 0 Å². The van der Waals surface area contributed by atoms with Crippen LogP contribution in [0.5, 0.6) is 11.5 Å². The van der Waals surface area contributed by atoms with Crippen molar-refractivity contribution in [2.45, 2.75) is 45.0 Å². The van der Waals surface area contributed by atoms with E-state index in [-0.39, 0.29) is 17.6 Å². The Morgan fingerprint density at radius 2 is 1.91 bits per heavy atom. The van der Waals surface area contributed by atoms with E-state index in [9.17, 15) is 4.79 Å². The molecular formula is C27H28N4O3S. The van der Waals surface area contributed by atoms with Crippen molar-refractivity contribution in [2.24, 2.45) is 0 Å². The molecule has 35 heavy (non-hydrogen) atoms. The number of rotatable bonds is 8. The molecule has 0 spiro atoms. The van der Waals surface area contributed by atoms with Gasteiger partial charge >= 0.3 is 0 Å². The van der Waals surface area contributed by atoms with Crippen molar-refractivity contribution in [2.75, 3.05) is 12.4 Å². The topological polar surface area (TPSA) is 82.0 Å². The van der Waals surface area contributed by atoms with Crippen molar-refractivity contribution in [1.29, 1.82) is 0 Å². The first-order valence-corrected chi connectivity index (χ1v) is 12.7. The summed E-state index contributed by atoms with van der Waals surface area (Å²) in [5.74, 6) is 2.56. The monoisotopic (exact) mass is 488 g/mol. The average Bonchev–Trinajstić information content (AvgIpc) is 3.47. The SMILES string of the molecule is CCc1ccc(-c2nc(SCC(=O)c3cc(C)n(CC4COc5ccccc5O4)c3C)n[nH]2)cc1. The molecule has 180 valence electrons. The molecule has 1 aliphatic heterocycles. The number of nitrogens with zero attached hydrogens (tertiary/aromatic N) is 3. The highest BCUT2D eigenvalue weighted by Gasteiger charge is 2.24. The third-order valence-corrected chi connectivity index (χ3v) is 7.11. The number of aromatic amines is 1. The second-order valence-corrected chi connectivity index (χ2v) is 9.56. The zero-order valence-electron chi connectivity index (χ0n) is 20.1. The molecule has 0 aliphatic carbocycles. The predicted octanol–water partition coefficient (Wildman–Crippen LogP) is 5.27. The van der Waals surface area contributed by atoms with Crippen LogP contribution >= 0.6 is 11.8 Å². The molecule has 1 aliphatic rings. The molecule has 1 atom stereocenters. The molecule has 0 radical (unpaired) electrons. The first-order valence-electron chi connectivity index (χ1n) is 11.7. The summed E-state index contributed by atoms with van der Waals surface area (Å²) in [6.45, 7) is 7.21. The number of carbonyl (C=O) groups excluding carboxylic acids is 1. The maximum atomic E-state index is 13.1. The highest BCUT2D eigenvalue weighted by molar-refractivity contribution is 7.99. The number of benzene rings is 2. The number of aryl methyl sites for hydroxylation is 2. The lowest BCUT2D eigenvalue weighted by atomic mass is 10.1. The maximum Gasteiger partial charge on any atom is 0.209 e. The number of hydrogen-bond donors (Lipinski definition) is 1. The Morgan fingerprint density at radius 1 is 1.14 bits per heavy atom. The Morgan fingerprint density at radius 3 is 2.69 bits per heavy atom. The van der Waals surface area contributed by atoms with Gasteiger partial charge in [-0.05, 0) is 44.0 Å². The zero-order valence-corrected chi connectivity index (χ0v) is 20.9. The van der Waals surface area contributed by atoms with Crippen LogP contribution in [-0.2, 0) is 13.0 Å². The van der Waals surface area contributed by atoms with Crippen molar-refractivity contribution < 1.29 is 14.3 Å². The minimum Gasteiger partial charge on any atom is -0.486 e. The third-order valence-electron chi connectivity index (χ3n) is 6.26. The molecule has 7 nitrogen and oxygen atoms in total. The molecule has 0 bridgehead atoms. The van der Waals surface area contributed by atoms with Crippen LogP contribution < -0.4 is 9.47 Å². The van der Waals surface area contributed by atoms with Crippen molar-refractivity contribution in [3.05, 3.63) is 77.1 Å². The van der Waals surface area contributed by atoms with E-state index in [1.165, 1.54) is 17.3 Å². The smallest absolute Gasteiger partial charge is 0.209 e. The molecule has 4 aromatic rings. The fourth-order valence-electron chi connectivity index (χ4n) is 4.27. The number of thioether (sulfide) groups is 1. The van der Waals surface area contributed by atoms with Crippen molar-refractivity contribution in [3.8, 4) is 22.9 Å². The number of carbonyl (C=O) groups is 1. The highest BCUT2D eigenvalue weighted by atomic mass is 32.2. The van der Waals surface area contributed by atoms with Crippen LogP contribution in [0.1, 0.15) is 34.2 Å². The van der Waals surface area contributed by atoms with Crippen LogP contribution in [0.25, 0.3) is 11.4 Å². The lowest BCUT2D eigenvalue weighted by molar-refractivity contribution is 0.0777. The van der Waals surface area contributed by atoms with Crippen LogP contribution in [-0.4, -0.2) is 44.0 Å². The number of fused-ring (bicyclic) bond motifs is 1. The molecule has 5 rings (SSSR count). The number of hydrogen-bond acceptors (Lipinski definition) is 6. The van der Waals surface area contributed by atoms with Crippen molar-refractivity contribution in [1.82, 2.24) is 19.7 Å². The molecule has 8 heteroatoms. The minimum absolute atomic E-state index is 0.0548. The van der Waals surface area contributed by atoms with Crippen molar-refractivity contribution in [3.63, 3.8) is 0 Å². The quantitative estimate of drug-likeness (QED) is 0.269. The zero-order chi connectivity index (χ0) is 24.4. The van der Waals surface area contributed by atoms with E-state index in [1.807, 2.05) is 56.3 Å². The summed E-state index contributed by atoms with van der Waals surface area (Å²) >= 11 is 1.34. The van der Waals surface area contributed by atoms with Crippen molar-refractivity contribution >= 4 is 17.5 Å². The summed E-state index contributed by atoms with van der Waals surface area (Å²) in [6.07, 6.45) is 0.876. The molecule has 1 unspecified atom stereocenters. The van der Waals surface area contributed by atoms with E-state index >= 15 is 0 Å². The summed E-state index contributed by atoms with van der Waals surface area (Å²) in [6, 6.07) is 17.9. The second-order valence-electron chi connectivity index (χ2n) is 8.62. The largest absolute Gasteiger partial charge is 0.486 e. The Bertz CT molecular complexity index is 1340. The van der Waals surface area contributed by atoms with Gasteiger partial charge in [0.1, 0.15) is 6.61 Å². The normalized spacial score (nSPS) is 14.8. The van der Waals surface area contributed by atoms with Gasteiger partial charge in [-0.1, -0.05) is 55.1 Å². The molecule has 0 fully saturated rings. The third kappa shape index (κ3) is 4.98. The number of aromatic nitrogens is 4. The lowest BCUT2D eigenvalue weighted by Gasteiger charge is -2.27. The van der Waals surface area contributed by atoms with Gasteiger partial charge in [0, 0.05) is 22.5 Å². The molecule has 0 saturated heterocycles. The molecule has 2 aromatic heterocycles. The molecule has 2 aromatic carbocycles. The standard InChI is InChI=1S/C27H28N4O3S/c1-4-19-9-11-20(12-10-19)26-28-27(30-29-26)35-16-23(32)22-13-17(2)31(18(22)3)14-21-15-33-24-7-5-6-8-25(24)34-21/h5-13,21H,4,14-16H2,1-3H3,(H,28,29,30). The van der Waals surface area contributed by atoms with Crippen LogP contribution in [0, 0.1) is 13.8 Å². The van der Waals surface area contributed by atoms with E-state index in [2.05, 4.69) is 38.8 Å². The number of ether oxygens (including phenoxy) is 2. The number of ketones is 1. The van der Waals surface area contributed by atoms with Crippen LogP contribution in [0.3, 0.4) is 0 Å². The Hall–Kier alpha value is -3.52. The van der Waals surface area contributed by atoms with E-state index in [4.69, 9.17) is 9.47 Å². The average molecular weight is 489 g/mol. The van der Waals surface area contributed by atoms with E-state index in [0.29, 0.717) is 24.1 Å². The van der Waals surface area contributed by atoms with Crippen LogP contribution in [0.15, 0.2) is 59.8 Å². The van der Waals surface area contributed by atoms with E-state index in [0.717, 1.165) is 40.4 Å². The Labute approximate surface area is 208 Å². The summed E-state index contributed by atoms with van der Waals surface area (Å²) in [4.78, 5) is 17.6. The Kier molecular flexibility index (Phi) is 6.63. The molecule has 1 N–H and O–H groups in total. The van der Waals surface area contributed by atoms with E-state index < -0.39 is 0 Å². The summed E-state index contributed by atoms with van der Waals surface area (Å²) < 4.78 is 14.1. The molecule has 0 amide bonds. The first kappa shape index (κ1) is 23.2. The van der Waals surface area contributed by atoms with Gasteiger partial charge in [0.2, 0.25) is 5.16 Å². The lowest BCUT2D eigenvalue weighted by Crippen LogP contribution is -2.33. The second kappa shape index (κ2) is 10.00. The van der Waals surface area contributed by atoms with Gasteiger partial charge in [0.05, 0.1) is 12.3 Å². The number of Topliss-reactive ketones (excluding diaryl/α,β-unsaturated/α-hetero) is 1. The molecule has 3 heterocycles. The maximum absolute atomic E-state index is 13.1. The van der Waals surface area contributed by atoms with Crippen LogP contribution in [0.2, 0.25) is 0 Å². The van der Waals surface area contributed by atoms with Gasteiger partial charge in [-0.15, -0.1) is 5.10 Å². The van der Waals surface area contributed by atoms with Gasteiger partial charge in [-0.3, -0.25) is 9.89 Å². The summed E-state index contributed by atoms with van der Waals surface area (Å²) in [5.41, 5.74) is 4.93. The predicted molar refractivity (Wildman–Crippen MR) is 137 cm³/mol. The van der Waals surface area contributed by atoms with Gasteiger partial charge < -0.3 is 14.0 Å². The highest BCUT2D eigenvalue weighted by Crippen LogP contribution is 2.32. The first-order chi connectivity index (χ1) is 17.0. The van der Waals surface area contributed by atoms with Gasteiger partial charge in [0.15, 0.2) is 29.2 Å². The van der Waals surface area contributed by atoms with Crippen LogP contribution in [0.4, 0.5) is 0 Å². The fraction of sp³-hybridized carbons (Fsp3) is 0.296. The van der Waals surface area contributed by atoms with E-state index in [1.54, 1.807) is 0 Å². The fourth-order valence-corrected chi connectivity index (χ4v) is 4.95. The Balaban J connectivity index is 1.22. The summed E-state index contributed by atoms with van der Waals surface area (Å²) in [7, 11) is 0. The number of para-hydroxylation sites is 2. The molecule has 0 saturated carbocycles. The number of nitrogens with one attached hydrogen (secondary N) is 1. The van der Waals surface area contributed by atoms with Gasteiger partial charge in [-0.25, -0.2) is 4.98 Å². The van der Waals surface area contributed by atoms with Gasteiger partial charge in [0.25, 0.3) is 0 Å². The minimum atomic E-state index is -0.120. The summed E-state index contributed by atoms with van der Waals surface area (Å²) in [5, 5.41) is 7.82. The number of H-pyrrole nitrogens is 1.